The second-order valence-corrected chi connectivity index (χ2v) is 6.21. The molecule has 4 heteroatoms. The fraction of sp³-hybridized carbons (Fsp3) is 0.217. The summed E-state index contributed by atoms with van der Waals surface area (Å²) in [6.45, 7) is 5.07. The first kappa shape index (κ1) is 18.6. The number of amides is 1. The maximum Gasteiger partial charge on any atom is 0.259 e. The quantitative estimate of drug-likeness (QED) is 0.602. The van der Waals surface area contributed by atoms with Crippen molar-refractivity contribution in [1.29, 1.82) is 0 Å². The van der Waals surface area contributed by atoms with Crippen molar-refractivity contribution < 1.29 is 9.53 Å². The molecule has 1 aromatic heterocycles. The van der Waals surface area contributed by atoms with Crippen LogP contribution in [0.4, 0.5) is 5.82 Å². The maximum absolute atomic E-state index is 13.3. The lowest BCUT2D eigenvalue weighted by atomic mass is 10.1. The number of hydrogen-bond donors (Lipinski definition) is 0. The lowest BCUT2D eigenvalue weighted by Crippen LogP contribution is -2.31. The summed E-state index contributed by atoms with van der Waals surface area (Å²) < 4.78 is 5.54. The van der Waals surface area contributed by atoms with Gasteiger partial charge in [-0.2, -0.15) is 0 Å². The average Bonchev–Trinajstić information content (AvgIpc) is 2.73. The van der Waals surface area contributed by atoms with E-state index in [1.807, 2.05) is 37.3 Å². The summed E-state index contributed by atoms with van der Waals surface area (Å²) in [7, 11) is 0. The molecule has 0 fully saturated rings. The van der Waals surface area contributed by atoms with Crippen LogP contribution in [0.15, 0.2) is 72.9 Å². The van der Waals surface area contributed by atoms with Crippen LogP contribution in [0, 0.1) is 0 Å². The number of aryl methyl sites for hydroxylation is 1. The van der Waals surface area contributed by atoms with Crippen molar-refractivity contribution >= 4 is 11.7 Å². The molecule has 0 bridgehead atoms. The second kappa shape index (κ2) is 8.99. The van der Waals surface area contributed by atoms with Crippen molar-refractivity contribution in [3.05, 3.63) is 89.6 Å². The van der Waals surface area contributed by atoms with E-state index in [0.717, 1.165) is 12.0 Å². The molecular weight excluding hydrogens is 336 g/mol. The van der Waals surface area contributed by atoms with E-state index in [0.29, 0.717) is 30.3 Å². The monoisotopic (exact) mass is 360 g/mol. The Morgan fingerprint density at radius 3 is 2.41 bits per heavy atom. The summed E-state index contributed by atoms with van der Waals surface area (Å²) >= 11 is 0. The first-order valence-corrected chi connectivity index (χ1v) is 9.24. The van der Waals surface area contributed by atoms with Gasteiger partial charge in [-0.3, -0.25) is 9.69 Å². The molecule has 0 N–H and O–H groups in total. The molecule has 0 atom stereocenters. The fourth-order valence-corrected chi connectivity index (χ4v) is 2.87. The van der Waals surface area contributed by atoms with E-state index < -0.39 is 0 Å². The molecule has 0 saturated heterocycles. The third kappa shape index (κ3) is 4.73. The van der Waals surface area contributed by atoms with Crippen molar-refractivity contribution in [3.8, 4) is 5.75 Å². The lowest BCUT2D eigenvalue weighted by molar-refractivity contribution is 0.0984. The van der Waals surface area contributed by atoms with Gasteiger partial charge in [0.25, 0.3) is 5.91 Å². The molecular formula is C23H24N2O2. The number of ether oxygens (including phenoxy) is 1. The fourth-order valence-electron chi connectivity index (χ4n) is 2.87. The highest BCUT2D eigenvalue weighted by Crippen LogP contribution is 2.21. The van der Waals surface area contributed by atoms with E-state index in [1.165, 1.54) is 5.56 Å². The Morgan fingerprint density at radius 2 is 1.74 bits per heavy atom. The third-order valence-electron chi connectivity index (χ3n) is 4.33. The van der Waals surface area contributed by atoms with E-state index in [1.54, 1.807) is 23.2 Å². The number of anilines is 1. The summed E-state index contributed by atoms with van der Waals surface area (Å²) in [6.07, 6.45) is 2.69. The van der Waals surface area contributed by atoms with Crippen LogP contribution >= 0.6 is 0 Å². The summed E-state index contributed by atoms with van der Waals surface area (Å²) in [4.78, 5) is 19.3. The number of carbonyl (C=O) groups excluding carboxylic acids is 1. The number of pyridine rings is 1. The maximum atomic E-state index is 13.3. The van der Waals surface area contributed by atoms with Crippen LogP contribution in [0.3, 0.4) is 0 Å². The van der Waals surface area contributed by atoms with Crippen LogP contribution in [0.25, 0.3) is 0 Å². The molecule has 3 aromatic rings. The van der Waals surface area contributed by atoms with Gasteiger partial charge in [0.05, 0.1) is 13.2 Å². The van der Waals surface area contributed by atoms with E-state index in [4.69, 9.17) is 4.74 Å². The molecule has 0 saturated carbocycles. The second-order valence-electron chi connectivity index (χ2n) is 6.21. The molecule has 27 heavy (non-hydrogen) atoms. The molecule has 0 aliphatic carbocycles. The highest BCUT2D eigenvalue weighted by Gasteiger charge is 2.19. The van der Waals surface area contributed by atoms with E-state index in [-0.39, 0.29) is 5.91 Å². The molecule has 2 aromatic carbocycles. The van der Waals surface area contributed by atoms with Crippen LogP contribution in [0.5, 0.6) is 5.75 Å². The molecule has 0 aliphatic rings. The SMILES string of the molecule is CCOc1cccc(C(=O)N(Cc2ccc(CC)cc2)c2ccccn2)c1. The van der Waals surface area contributed by atoms with Gasteiger partial charge in [-0.05, 0) is 54.8 Å². The standard InChI is InChI=1S/C23H24N2O2/c1-3-18-11-13-19(14-12-18)17-25(22-10-5-6-15-24-22)23(26)20-8-7-9-21(16-20)27-4-2/h5-16H,3-4,17H2,1-2H3. The van der Waals surface area contributed by atoms with Gasteiger partial charge in [-0.1, -0.05) is 43.3 Å². The predicted octanol–water partition coefficient (Wildman–Crippen LogP) is 4.89. The number of rotatable bonds is 7. The van der Waals surface area contributed by atoms with Gasteiger partial charge in [-0.15, -0.1) is 0 Å². The zero-order valence-electron chi connectivity index (χ0n) is 15.8. The highest BCUT2D eigenvalue weighted by atomic mass is 16.5. The van der Waals surface area contributed by atoms with Crippen LogP contribution in [-0.2, 0) is 13.0 Å². The Morgan fingerprint density at radius 1 is 0.963 bits per heavy atom. The predicted molar refractivity (Wildman–Crippen MR) is 108 cm³/mol. The number of hydrogen-bond acceptors (Lipinski definition) is 3. The minimum Gasteiger partial charge on any atom is -0.494 e. The van der Waals surface area contributed by atoms with Gasteiger partial charge in [0, 0.05) is 11.8 Å². The largest absolute Gasteiger partial charge is 0.494 e. The van der Waals surface area contributed by atoms with Crippen LogP contribution in [0.1, 0.15) is 35.3 Å². The first-order valence-electron chi connectivity index (χ1n) is 9.24. The molecule has 1 amide bonds. The Bertz CT molecular complexity index is 876. The molecule has 4 nitrogen and oxygen atoms in total. The summed E-state index contributed by atoms with van der Waals surface area (Å²) in [6, 6.07) is 21.2. The minimum atomic E-state index is -0.102. The van der Waals surface area contributed by atoms with Crippen molar-refractivity contribution in [1.82, 2.24) is 4.98 Å². The van der Waals surface area contributed by atoms with Crippen LogP contribution in [-0.4, -0.2) is 17.5 Å². The van der Waals surface area contributed by atoms with Gasteiger partial charge in [0.1, 0.15) is 11.6 Å². The molecule has 0 unspecified atom stereocenters. The molecule has 0 spiro atoms. The number of aromatic nitrogens is 1. The Kier molecular flexibility index (Phi) is 6.21. The molecule has 0 radical (unpaired) electrons. The average molecular weight is 360 g/mol. The zero-order chi connectivity index (χ0) is 19.1. The van der Waals surface area contributed by atoms with E-state index >= 15 is 0 Å². The first-order chi connectivity index (χ1) is 13.2. The number of nitrogens with zero attached hydrogens (tertiary/aromatic N) is 2. The third-order valence-corrected chi connectivity index (χ3v) is 4.33. The Balaban J connectivity index is 1.91. The van der Waals surface area contributed by atoms with E-state index in [9.17, 15) is 4.79 Å². The smallest absolute Gasteiger partial charge is 0.259 e. The highest BCUT2D eigenvalue weighted by molar-refractivity contribution is 6.05. The molecule has 3 rings (SSSR count). The van der Waals surface area contributed by atoms with Crippen molar-refractivity contribution in [3.63, 3.8) is 0 Å². The van der Waals surface area contributed by atoms with Gasteiger partial charge in [0.2, 0.25) is 0 Å². The molecule has 1 heterocycles. The van der Waals surface area contributed by atoms with Gasteiger partial charge in [0.15, 0.2) is 0 Å². The normalized spacial score (nSPS) is 10.4. The van der Waals surface area contributed by atoms with Gasteiger partial charge < -0.3 is 4.74 Å². The van der Waals surface area contributed by atoms with Crippen LogP contribution in [0.2, 0.25) is 0 Å². The zero-order valence-corrected chi connectivity index (χ0v) is 15.8. The molecule has 0 aliphatic heterocycles. The molecule has 138 valence electrons. The topological polar surface area (TPSA) is 42.4 Å². The van der Waals surface area contributed by atoms with Crippen molar-refractivity contribution in [2.24, 2.45) is 0 Å². The van der Waals surface area contributed by atoms with Crippen molar-refractivity contribution in [2.45, 2.75) is 26.8 Å². The summed E-state index contributed by atoms with van der Waals surface area (Å²) in [5.74, 6) is 1.22. The number of carbonyl (C=O) groups is 1. The summed E-state index contributed by atoms with van der Waals surface area (Å²) in [5.41, 5.74) is 2.92. The number of benzene rings is 2. The van der Waals surface area contributed by atoms with Crippen LogP contribution < -0.4 is 9.64 Å². The minimum absolute atomic E-state index is 0.102. The van der Waals surface area contributed by atoms with E-state index in [2.05, 4.69) is 36.2 Å². The lowest BCUT2D eigenvalue weighted by Gasteiger charge is -2.22. The summed E-state index contributed by atoms with van der Waals surface area (Å²) in [5, 5.41) is 0. The Labute approximate surface area is 160 Å². The van der Waals surface area contributed by atoms with Gasteiger partial charge >= 0.3 is 0 Å². The van der Waals surface area contributed by atoms with Crippen molar-refractivity contribution in [2.75, 3.05) is 11.5 Å². The Hall–Kier alpha value is -3.14. The van der Waals surface area contributed by atoms with Gasteiger partial charge in [-0.25, -0.2) is 4.98 Å².